The summed E-state index contributed by atoms with van der Waals surface area (Å²) in [5.74, 6) is 0.490. The summed E-state index contributed by atoms with van der Waals surface area (Å²) in [5.41, 5.74) is 1.79. The highest BCUT2D eigenvalue weighted by Gasteiger charge is 2.14. The minimum absolute atomic E-state index is 0.00405. The molecule has 1 heterocycles. The number of rotatable bonds is 5. The van der Waals surface area contributed by atoms with Gasteiger partial charge >= 0.3 is 0 Å². The molecule has 0 saturated carbocycles. The molecule has 0 aliphatic rings. The Morgan fingerprint density at radius 1 is 1.20 bits per heavy atom. The first-order valence-electron chi connectivity index (χ1n) is 6.13. The standard InChI is InChI=1S/C14H15Cl2N3O/c1-17-13(12-5-6-14(20-2)19-18-12)8-9-7-10(15)3-4-11(9)16/h3-7,13,17H,8H2,1-2H3. The van der Waals surface area contributed by atoms with Gasteiger partial charge in [-0.1, -0.05) is 23.2 Å². The summed E-state index contributed by atoms with van der Waals surface area (Å²) in [6.07, 6.45) is 0.677. The van der Waals surface area contributed by atoms with E-state index in [1.165, 1.54) is 0 Å². The highest BCUT2D eigenvalue weighted by molar-refractivity contribution is 6.33. The fraction of sp³-hybridized carbons (Fsp3) is 0.286. The molecule has 1 unspecified atom stereocenters. The summed E-state index contributed by atoms with van der Waals surface area (Å²) in [7, 11) is 3.43. The molecule has 6 heteroatoms. The summed E-state index contributed by atoms with van der Waals surface area (Å²) in [6, 6.07) is 9.10. The quantitative estimate of drug-likeness (QED) is 0.920. The first kappa shape index (κ1) is 15.0. The van der Waals surface area contributed by atoms with Crippen molar-refractivity contribution in [1.29, 1.82) is 0 Å². The van der Waals surface area contributed by atoms with E-state index in [9.17, 15) is 0 Å². The number of nitrogens with one attached hydrogen (secondary N) is 1. The highest BCUT2D eigenvalue weighted by atomic mass is 35.5. The van der Waals surface area contributed by atoms with Gasteiger partial charge in [-0.15, -0.1) is 5.10 Å². The molecule has 4 nitrogen and oxygen atoms in total. The molecule has 1 atom stereocenters. The lowest BCUT2D eigenvalue weighted by atomic mass is 10.0. The molecule has 20 heavy (non-hydrogen) atoms. The van der Waals surface area contributed by atoms with Crippen LogP contribution in [0, 0.1) is 0 Å². The second-order valence-electron chi connectivity index (χ2n) is 4.28. The Hall–Kier alpha value is -1.36. The first-order valence-corrected chi connectivity index (χ1v) is 6.88. The normalized spacial score (nSPS) is 12.2. The van der Waals surface area contributed by atoms with Crippen molar-refractivity contribution in [3.05, 3.63) is 51.6 Å². The van der Waals surface area contributed by atoms with Crippen LogP contribution in [0.3, 0.4) is 0 Å². The zero-order valence-electron chi connectivity index (χ0n) is 11.2. The van der Waals surface area contributed by atoms with E-state index in [0.29, 0.717) is 22.3 Å². The predicted molar refractivity (Wildman–Crippen MR) is 80.6 cm³/mol. The molecule has 0 aliphatic heterocycles. The predicted octanol–water partition coefficient (Wildman–Crippen LogP) is 3.30. The van der Waals surface area contributed by atoms with Crippen molar-refractivity contribution in [2.24, 2.45) is 0 Å². The van der Waals surface area contributed by atoms with Crippen molar-refractivity contribution in [2.75, 3.05) is 14.2 Å². The lowest BCUT2D eigenvalue weighted by Gasteiger charge is -2.16. The average molecular weight is 312 g/mol. The van der Waals surface area contributed by atoms with Gasteiger partial charge in [-0.3, -0.25) is 0 Å². The number of ether oxygens (including phenoxy) is 1. The van der Waals surface area contributed by atoms with Crippen LogP contribution in [-0.4, -0.2) is 24.4 Å². The van der Waals surface area contributed by atoms with Gasteiger partial charge < -0.3 is 10.1 Å². The SMILES string of the molecule is CNC(Cc1cc(Cl)ccc1Cl)c1ccc(OC)nn1. The van der Waals surface area contributed by atoms with Crippen molar-refractivity contribution in [2.45, 2.75) is 12.5 Å². The zero-order chi connectivity index (χ0) is 14.5. The van der Waals surface area contributed by atoms with Crippen LogP contribution in [0.5, 0.6) is 5.88 Å². The number of likely N-dealkylation sites (N-methyl/N-ethyl adjacent to an activating group) is 1. The second-order valence-corrected chi connectivity index (χ2v) is 5.13. The molecule has 1 N–H and O–H groups in total. The highest BCUT2D eigenvalue weighted by Crippen LogP contribution is 2.25. The molecule has 0 aliphatic carbocycles. The van der Waals surface area contributed by atoms with Crippen molar-refractivity contribution >= 4 is 23.2 Å². The first-order chi connectivity index (χ1) is 9.63. The largest absolute Gasteiger partial charge is 0.480 e. The molecule has 0 bridgehead atoms. The van der Waals surface area contributed by atoms with Gasteiger partial charge in [0.15, 0.2) is 0 Å². The van der Waals surface area contributed by atoms with Crippen LogP contribution in [0.1, 0.15) is 17.3 Å². The van der Waals surface area contributed by atoms with Crippen LogP contribution >= 0.6 is 23.2 Å². The summed E-state index contributed by atoms with van der Waals surface area (Å²) in [4.78, 5) is 0. The van der Waals surface area contributed by atoms with Crippen molar-refractivity contribution in [3.8, 4) is 5.88 Å². The van der Waals surface area contributed by atoms with Crippen LogP contribution in [0.15, 0.2) is 30.3 Å². The molecule has 0 amide bonds. The van der Waals surface area contributed by atoms with Crippen molar-refractivity contribution in [3.63, 3.8) is 0 Å². The Kier molecular flexibility index (Phi) is 5.17. The smallest absolute Gasteiger partial charge is 0.233 e. The maximum atomic E-state index is 6.19. The van der Waals surface area contributed by atoms with Gasteiger partial charge in [0.2, 0.25) is 5.88 Å². The maximum absolute atomic E-state index is 6.19. The Labute approximate surface area is 128 Å². The van der Waals surface area contributed by atoms with E-state index in [-0.39, 0.29) is 6.04 Å². The van der Waals surface area contributed by atoms with E-state index >= 15 is 0 Å². The molecular weight excluding hydrogens is 297 g/mol. The average Bonchev–Trinajstić information content (AvgIpc) is 2.48. The molecule has 0 radical (unpaired) electrons. The molecule has 0 spiro atoms. The van der Waals surface area contributed by atoms with Crippen LogP contribution in [0.2, 0.25) is 10.0 Å². The van der Waals surface area contributed by atoms with Gasteiger partial charge in [-0.05, 0) is 43.3 Å². The van der Waals surface area contributed by atoms with Crippen LogP contribution in [-0.2, 0) is 6.42 Å². The molecule has 0 fully saturated rings. The maximum Gasteiger partial charge on any atom is 0.233 e. The number of aromatic nitrogens is 2. The Balaban J connectivity index is 2.21. The second kappa shape index (κ2) is 6.88. The number of hydrogen-bond acceptors (Lipinski definition) is 4. The summed E-state index contributed by atoms with van der Waals surface area (Å²) in [5, 5.41) is 12.7. The van der Waals surface area contributed by atoms with Crippen molar-refractivity contribution in [1.82, 2.24) is 15.5 Å². The molecule has 2 rings (SSSR count). The molecule has 106 valence electrons. The van der Waals surface area contributed by atoms with Crippen LogP contribution in [0.25, 0.3) is 0 Å². The lowest BCUT2D eigenvalue weighted by molar-refractivity contribution is 0.389. The number of nitrogens with zero attached hydrogens (tertiary/aromatic N) is 2. The van der Waals surface area contributed by atoms with Gasteiger partial charge in [0.05, 0.1) is 18.8 Å². The van der Waals surface area contributed by atoms with Crippen LogP contribution in [0.4, 0.5) is 0 Å². The van der Waals surface area contributed by atoms with E-state index in [2.05, 4.69) is 15.5 Å². The van der Waals surface area contributed by atoms with Crippen LogP contribution < -0.4 is 10.1 Å². The summed E-state index contributed by atoms with van der Waals surface area (Å²) in [6.45, 7) is 0. The van der Waals surface area contributed by atoms with E-state index in [0.717, 1.165) is 11.3 Å². The topological polar surface area (TPSA) is 47.0 Å². The summed E-state index contributed by atoms with van der Waals surface area (Å²) < 4.78 is 5.00. The van der Waals surface area contributed by atoms with Gasteiger partial charge in [0.25, 0.3) is 0 Å². The molecule has 2 aromatic rings. The third-order valence-corrected chi connectivity index (χ3v) is 3.61. The minimum Gasteiger partial charge on any atom is -0.480 e. The molecule has 1 aromatic carbocycles. The van der Waals surface area contributed by atoms with E-state index < -0.39 is 0 Å². The Morgan fingerprint density at radius 2 is 2.00 bits per heavy atom. The monoisotopic (exact) mass is 311 g/mol. The van der Waals surface area contributed by atoms with Gasteiger partial charge in [-0.25, -0.2) is 0 Å². The Morgan fingerprint density at radius 3 is 2.60 bits per heavy atom. The zero-order valence-corrected chi connectivity index (χ0v) is 12.7. The molecule has 0 saturated heterocycles. The van der Waals surface area contributed by atoms with Crippen molar-refractivity contribution < 1.29 is 4.74 Å². The lowest BCUT2D eigenvalue weighted by Crippen LogP contribution is -2.20. The molecule has 1 aromatic heterocycles. The van der Waals surface area contributed by atoms with E-state index in [1.54, 1.807) is 25.3 Å². The van der Waals surface area contributed by atoms with Gasteiger partial charge in [0.1, 0.15) is 0 Å². The minimum atomic E-state index is 0.00405. The third-order valence-electron chi connectivity index (χ3n) is 3.01. The number of methoxy groups -OCH3 is 1. The van der Waals surface area contributed by atoms with Gasteiger partial charge in [0, 0.05) is 16.1 Å². The summed E-state index contributed by atoms with van der Waals surface area (Å²) >= 11 is 12.2. The number of hydrogen-bond donors (Lipinski definition) is 1. The number of halogens is 2. The number of benzene rings is 1. The Bertz CT molecular complexity index is 575. The molecular formula is C14H15Cl2N3O. The fourth-order valence-corrected chi connectivity index (χ4v) is 2.29. The van der Waals surface area contributed by atoms with E-state index in [4.69, 9.17) is 27.9 Å². The van der Waals surface area contributed by atoms with E-state index in [1.807, 2.05) is 19.2 Å². The third kappa shape index (κ3) is 3.60. The fourth-order valence-electron chi connectivity index (χ4n) is 1.90. The van der Waals surface area contributed by atoms with Gasteiger partial charge in [-0.2, -0.15) is 5.10 Å².